The monoisotopic (exact) mass is 828 g/mol. The van der Waals surface area contributed by atoms with Crippen molar-refractivity contribution in [3.63, 3.8) is 0 Å². The number of hydrogen-bond acceptors (Lipinski definition) is 8. The number of benzene rings is 2. The van der Waals surface area contributed by atoms with Crippen molar-refractivity contribution in [3.05, 3.63) is 98.2 Å². The summed E-state index contributed by atoms with van der Waals surface area (Å²) in [6.45, 7) is 5.45. The number of thiazole rings is 1. The molecule has 51 heavy (non-hydrogen) atoms. The van der Waals surface area contributed by atoms with Gasteiger partial charge >= 0.3 is 185 Å². The zero-order chi connectivity index (χ0) is 36.6. The summed E-state index contributed by atoms with van der Waals surface area (Å²) in [5, 5.41) is 9.34. The van der Waals surface area contributed by atoms with Gasteiger partial charge in [0.25, 0.3) is 0 Å². The van der Waals surface area contributed by atoms with Crippen LogP contribution in [0.1, 0.15) is 49.1 Å². The number of likely N-dealkylation sites (N-methyl/N-ethyl adjacent to an activating group) is 1. The maximum absolute atomic E-state index is 14.0. The van der Waals surface area contributed by atoms with Gasteiger partial charge in [-0.25, -0.2) is 4.79 Å². The van der Waals surface area contributed by atoms with Crippen LogP contribution in [0.25, 0.3) is 0 Å². The van der Waals surface area contributed by atoms with Crippen LogP contribution in [0.5, 0.6) is 0 Å². The van der Waals surface area contributed by atoms with Crippen LogP contribution in [-0.4, -0.2) is 88.9 Å². The van der Waals surface area contributed by atoms with Gasteiger partial charge in [0.05, 0.1) is 10.4 Å². The molecule has 0 spiro atoms. The number of hydrogen-bond donors (Lipinski definition) is 3. The molecular formula is C38H51IN7O4S-. The Bertz CT molecular complexity index is 1590. The molecule has 3 N–H and O–H groups in total. The van der Waals surface area contributed by atoms with Crippen molar-refractivity contribution in [2.45, 2.75) is 70.7 Å². The predicted octanol–water partition coefficient (Wildman–Crippen LogP) is 2.45. The topological polar surface area (TPSA) is 128 Å². The summed E-state index contributed by atoms with van der Waals surface area (Å²) in [6.07, 6.45) is 4.04. The molecule has 0 saturated carbocycles. The third-order valence-electron chi connectivity index (χ3n) is 8.25. The van der Waals surface area contributed by atoms with Crippen LogP contribution >= 0.6 is 11.3 Å². The summed E-state index contributed by atoms with van der Waals surface area (Å²) < 4.78 is 8.90. The average Bonchev–Trinajstić information content (AvgIpc) is 3.81. The number of rotatable bonds is 19. The molecule has 2 heterocycles. The van der Waals surface area contributed by atoms with Gasteiger partial charge in [-0.05, 0) is 12.0 Å². The van der Waals surface area contributed by atoms with Gasteiger partial charge in [0.2, 0.25) is 0 Å². The molecule has 3 unspecified atom stereocenters. The number of ether oxygens (including phenoxy) is 1. The number of nitrogens with zero attached hydrogens (tertiary/aromatic N) is 4. The number of amides is 4. The Hall–Kier alpha value is -3.82. The minimum absolute atomic E-state index is 0.154. The van der Waals surface area contributed by atoms with Gasteiger partial charge in [0, 0.05) is 12.2 Å². The van der Waals surface area contributed by atoms with Crippen LogP contribution in [0.2, 0.25) is 0 Å². The van der Waals surface area contributed by atoms with Crippen molar-refractivity contribution in [1.29, 1.82) is 0 Å². The first-order chi connectivity index (χ1) is 24.5. The third kappa shape index (κ3) is 14.4. The fraction of sp³-hybridized carbons (Fsp3) is 0.447. The van der Waals surface area contributed by atoms with Gasteiger partial charge in [-0.15, -0.1) is 11.3 Å². The van der Waals surface area contributed by atoms with E-state index in [1.807, 2.05) is 79.7 Å². The van der Waals surface area contributed by atoms with Gasteiger partial charge in [0.15, 0.2) is 0 Å². The molecule has 13 heteroatoms. The molecule has 3 atom stereocenters. The molecule has 1 aliphatic heterocycles. The van der Waals surface area contributed by atoms with E-state index in [-0.39, 0.29) is 51.8 Å². The van der Waals surface area contributed by atoms with E-state index in [1.165, 1.54) is 15.1 Å². The number of halogens is 1. The Kier molecular flexibility index (Phi) is 16.4. The summed E-state index contributed by atoms with van der Waals surface area (Å²) in [5.74, 6) is 0.170. The zero-order valence-electron chi connectivity index (χ0n) is 30.2. The average molecular weight is 829 g/mol. The first-order valence-corrected chi connectivity index (χ1v) is 20.5. The number of nitrogens with one attached hydrogen (secondary N) is 3. The van der Waals surface area contributed by atoms with Crippen LogP contribution in [0, 0.1) is 5.92 Å². The van der Waals surface area contributed by atoms with Gasteiger partial charge in [0.1, 0.15) is 6.61 Å². The fourth-order valence-electron chi connectivity index (χ4n) is 5.47. The quantitative estimate of drug-likeness (QED) is 0.160. The van der Waals surface area contributed by atoms with E-state index >= 15 is 0 Å². The van der Waals surface area contributed by atoms with Crippen molar-refractivity contribution in [1.82, 2.24) is 30.7 Å². The Morgan fingerprint density at radius 1 is 0.863 bits per heavy atom. The summed E-state index contributed by atoms with van der Waals surface area (Å²) in [5.41, 5.74) is 4.79. The Morgan fingerprint density at radius 3 is 2.04 bits per heavy atom. The molecule has 3 aromatic rings. The Balaban J connectivity index is 1.45. The Morgan fingerprint density at radius 2 is 1.49 bits per heavy atom. The number of urea groups is 1. The number of carbonyl (C=O) groups excluding carboxylic acids is 3. The Labute approximate surface area is 316 Å². The van der Waals surface area contributed by atoms with Crippen molar-refractivity contribution in [2.75, 3.05) is 34.2 Å². The van der Waals surface area contributed by atoms with E-state index < -0.39 is 12.1 Å². The van der Waals surface area contributed by atoms with E-state index in [1.54, 1.807) is 23.7 Å². The van der Waals surface area contributed by atoms with E-state index in [9.17, 15) is 14.4 Å². The van der Waals surface area contributed by atoms with Gasteiger partial charge < -0.3 is 10.1 Å². The minimum atomic E-state index is -0.736. The van der Waals surface area contributed by atoms with Crippen LogP contribution in [0.3, 0.4) is 0 Å². The number of aromatic nitrogens is 1. The number of alkyl carbamates (subject to hydrolysis) is 1. The standard InChI is InChI=1S/C38H51IN7O4S/c1-27(2)35-39-22-32(41-35)24-46(5)37(48)44-34(18-19-45(3)4)36(47)42-30(20-28-12-8-6-9-13-28)16-17-31(21-29-14-10-7-11-15-29)43-38(49)50-25-33-23-40-26-51-33/h6-15,22-23,26-27,30-31,34H,16-21,24-25H2,1-5H3,(H,42,47)(H,43,49)(H,44,48)/q-1. The number of aliphatic imine (C=N–C) groups is 1. The zero-order valence-corrected chi connectivity index (χ0v) is 33.2. The summed E-state index contributed by atoms with van der Waals surface area (Å²) in [7, 11) is 5.63. The number of carbonyl (C=O) groups is 3. The molecule has 0 radical (unpaired) electrons. The predicted molar refractivity (Wildman–Crippen MR) is 199 cm³/mol. The summed E-state index contributed by atoms with van der Waals surface area (Å²) >= 11 is 1.19. The van der Waals surface area contributed by atoms with E-state index in [4.69, 9.17) is 9.73 Å². The molecular weight excluding hydrogens is 777 g/mol. The van der Waals surface area contributed by atoms with Crippen LogP contribution in [-0.2, 0) is 29.0 Å². The van der Waals surface area contributed by atoms with Gasteiger partial charge in [-0.1, -0.05) is 60.7 Å². The molecule has 4 rings (SSSR count). The molecule has 0 aliphatic carbocycles. The first-order valence-electron chi connectivity index (χ1n) is 17.3. The van der Waals surface area contributed by atoms with E-state index in [0.29, 0.717) is 51.1 Å². The van der Waals surface area contributed by atoms with Crippen molar-refractivity contribution in [2.24, 2.45) is 10.9 Å². The SMILES string of the molecule is CC(C)C1=NC(CN(C)C(=O)NC(CCN(C)C)C(=O)NC(CCC(Cc2ccccc2)NC(=O)OCc2cncs2)Cc2ccccc2)=C[I-]1. The molecule has 1 aliphatic rings. The fourth-order valence-corrected chi connectivity index (χ4v) is 8.16. The second-order valence-electron chi connectivity index (χ2n) is 13.3. The molecule has 0 saturated heterocycles. The van der Waals surface area contributed by atoms with Crippen molar-refractivity contribution in [3.8, 4) is 0 Å². The normalized spacial score (nSPS) is 14.5. The molecule has 11 nitrogen and oxygen atoms in total. The second kappa shape index (κ2) is 20.9. The van der Waals surface area contributed by atoms with Gasteiger partial charge in [-0.3, -0.25) is 4.98 Å². The second-order valence-corrected chi connectivity index (χ2v) is 16.6. The molecule has 1 aromatic heterocycles. The molecule has 0 bridgehead atoms. The van der Waals surface area contributed by atoms with E-state index in [2.05, 4.69) is 38.9 Å². The van der Waals surface area contributed by atoms with Crippen LogP contribution in [0.15, 0.2) is 87.1 Å². The maximum atomic E-state index is 14.0. The first kappa shape index (κ1) is 40.0. The summed E-state index contributed by atoms with van der Waals surface area (Å²) in [4.78, 5) is 53.6. The van der Waals surface area contributed by atoms with E-state index in [0.717, 1.165) is 21.7 Å². The van der Waals surface area contributed by atoms with Crippen LogP contribution in [0.4, 0.5) is 9.59 Å². The molecule has 2 aromatic carbocycles. The van der Waals surface area contributed by atoms with Gasteiger partial charge in [-0.2, -0.15) is 0 Å². The molecule has 4 amide bonds. The van der Waals surface area contributed by atoms with Crippen LogP contribution < -0.4 is 37.2 Å². The van der Waals surface area contributed by atoms with Crippen molar-refractivity contribution < 1.29 is 40.3 Å². The third-order valence-corrected chi connectivity index (χ3v) is 12.2. The molecule has 276 valence electrons. The summed E-state index contributed by atoms with van der Waals surface area (Å²) in [6, 6.07) is 18.5. The van der Waals surface area contributed by atoms with Crippen molar-refractivity contribution >= 4 is 33.1 Å². The molecule has 0 fully saturated rings.